The van der Waals surface area contributed by atoms with Crippen LogP contribution in [0.4, 0.5) is 0 Å². The molecule has 0 aromatic heterocycles. The van der Waals surface area contributed by atoms with Crippen molar-refractivity contribution < 1.29 is 20.0 Å². The Kier molecular flexibility index (Phi) is 5.90. The molecular weight excluding hydrogens is 635 g/mol. The van der Waals surface area contributed by atoms with Crippen molar-refractivity contribution in [3.8, 4) is 22.3 Å². The molecule has 2 unspecified atom stereocenters. The van der Waals surface area contributed by atoms with Crippen molar-refractivity contribution in [2.75, 3.05) is 0 Å². The summed E-state index contributed by atoms with van der Waals surface area (Å²) in [5, 5.41) is 0. The van der Waals surface area contributed by atoms with E-state index in [9.17, 15) is 0 Å². The average molecular weight is 673 g/mol. The molecule has 0 amide bonds. The number of hydrogen-bond acceptors (Lipinski definition) is 0. The van der Waals surface area contributed by atoms with E-state index in [0.717, 1.165) is 0 Å². The molecule has 0 nitrogen and oxygen atoms in total. The summed E-state index contributed by atoms with van der Waals surface area (Å²) >= 11 is -3.03. The Morgan fingerprint density at radius 1 is 0.615 bits per heavy atom. The molecule has 4 aromatic rings. The van der Waals surface area contributed by atoms with Crippen LogP contribution in [0.3, 0.4) is 0 Å². The fourth-order valence-corrected chi connectivity index (χ4v) is 25.9. The van der Waals surface area contributed by atoms with E-state index in [0.29, 0.717) is 13.3 Å². The summed E-state index contributed by atoms with van der Waals surface area (Å²) in [7, 11) is 0. The average Bonchev–Trinajstić information content (AvgIpc) is 3.54. The summed E-state index contributed by atoms with van der Waals surface area (Å²) < 4.78 is 6.75. The quantitative estimate of drug-likeness (QED) is 0.189. The minimum atomic E-state index is -3.03. The number of hydrogen-bond donors (Lipinski definition) is 0. The molecule has 39 heavy (non-hydrogen) atoms. The summed E-state index contributed by atoms with van der Waals surface area (Å²) in [5.74, 6) is 0.630. The molecule has 0 bridgehead atoms. The molecule has 1 fully saturated rings. The van der Waals surface area contributed by atoms with Gasteiger partial charge in [-0.25, -0.2) is 0 Å². The second kappa shape index (κ2) is 9.13. The zero-order valence-corrected chi connectivity index (χ0v) is 27.4. The molecule has 7 rings (SSSR count). The molecule has 0 radical (unpaired) electrons. The Labute approximate surface area is 238 Å². The molecule has 1 heterocycles. The molecule has 1 heteroatoms. The fourth-order valence-electron chi connectivity index (χ4n) is 8.49. The van der Waals surface area contributed by atoms with Gasteiger partial charge in [0.25, 0.3) is 0 Å². The van der Waals surface area contributed by atoms with Crippen molar-refractivity contribution in [2.24, 2.45) is 11.3 Å². The summed E-state index contributed by atoms with van der Waals surface area (Å²) in [6.45, 7) is 7.42. The Balaban J connectivity index is 1.48. The van der Waals surface area contributed by atoms with Crippen molar-refractivity contribution in [2.45, 2.75) is 43.9 Å². The second-order valence-corrected chi connectivity index (χ2v) is 30.4. The second-order valence-electron chi connectivity index (χ2n) is 13.2. The van der Waals surface area contributed by atoms with E-state index >= 15 is 0 Å². The monoisotopic (exact) mass is 674 g/mol. The van der Waals surface area contributed by atoms with Crippen LogP contribution in [0.5, 0.6) is 0 Å². The summed E-state index contributed by atoms with van der Waals surface area (Å²) in [5.41, 5.74) is 15.2. The number of fused-ring (bicyclic) bond motifs is 6. The molecule has 3 aliphatic rings. The van der Waals surface area contributed by atoms with Gasteiger partial charge in [0.05, 0.1) is 0 Å². The van der Waals surface area contributed by atoms with Crippen LogP contribution in [0, 0.1) is 11.3 Å². The van der Waals surface area contributed by atoms with Gasteiger partial charge in [-0.05, 0) is 0 Å². The molecule has 0 N–H and O–H groups in total. The van der Waals surface area contributed by atoms with Crippen LogP contribution in [0.2, 0.25) is 9.36 Å². The normalized spacial score (nSPS) is 23.9. The van der Waals surface area contributed by atoms with Gasteiger partial charge in [-0.1, -0.05) is 0 Å². The standard InChI is InChI=1S/C36H32.2CH3.Hf/c1-25(2)24-36(3,30-20-28-16-10-18-32(34(28)22-30)26-12-6-4-7-13-26)31-21-29-17-11-19-33(35(29)23-31)27-14-8-5-9-15-27;;;/h4-23,25H,24H2,1-3H3;2*1H3;. The maximum absolute atomic E-state index is 3.03. The summed E-state index contributed by atoms with van der Waals surface area (Å²) in [6.07, 6.45) is 6.51. The molecule has 2 aliphatic carbocycles. The van der Waals surface area contributed by atoms with Crippen LogP contribution in [-0.2, 0) is 20.0 Å². The summed E-state index contributed by atoms with van der Waals surface area (Å²) in [4.78, 5) is 0. The van der Waals surface area contributed by atoms with Crippen molar-refractivity contribution in [3.63, 3.8) is 0 Å². The van der Waals surface area contributed by atoms with Crippen LogP contribution >= 0.6 is 0 Å². The third-order valence-electron chi connectivity index (χ3n) is 9.87. The van der Waals surface area contributed by atoms with Gasteiger partial charge in [0.2, 0.25) is 0 Å². The third-order valence-corrected chi connectivity index (χ3v) is 25.0. The maximum atomic E-state index is 2.76. The van der Waals surface area contributed by atoms with Crippen molar-refractivity contribution in [1.29, 1.82) is 0 Å². The van der Waals surface area contributed by atoms with Crippen LogP contribution in [-0.4, -0.2) is 0 Å². The number of rotatable bonds is 4. The minimum absolute atomic E-state index is 0.0684. The Morgan fingerprint density at radius 3 is 1.46 bits per heavy atom. The molecule has 194 valence electrons. The van der Waals surface area contributed by atoms with Gasteiger partial charge < -0.3 is 0 Å². The molecule has 1 aliphatic heterocycles. The van der Waals surface area contributed by atoms with E-state index in [1.165, 1.54) is 39.8 Å². The molecular formula is C38H38Hf. The van der Waals surface area contributed by atoms with E-state index in [-0.39, 0.29) is 5.41 Å². The van der Waals surface area contributed by atoms with E-state index in [1.54, 1.807) is 22.3 Å². The van der Waals surface area contributed by atoms with Crippen LogP contribution in [0.25, 0.3) is 34.4 Å². The zero-order valence-electron chi connectivity index (χ0n) is 23.8. The fraction of sp³-hybridized carbons (Fsp3) is 0.263. The van der Waals surface area contributed by atoms with Gasteiger partial charge in [-0.3, -0.25) is 0 Å². The van der Waals surface area contributed by atoms with E-state index in [1.807, 2.05) is 0 Å². The topological polar surface area (TPSA) is 0 Å². The van der Waals surface area contributed by atoms with Crippen LogP contribution in [0.1, 0.15) is 56.8 Å². The predicted molar refractivity (Wildman–Crippen MR) is 164 cm³/mol. The Bertz CT molecular complexity index is 1520. The van der Waals surface area contributed by atoms with Crippen LogP contribution in [0.15, 0.2) is 108 Å². The first-order valence-electron chi connectivity index (χ1n) is 14.6. The Morgan fingerprint density at radius 2 is 1.05 bits per heavy atom. The number of benzene rings is 4. The first-order chi connectivity index (χ1) is 18.8. The third kappa shape index (κ3) is 3.72. The van der Waals surface area contributed by atoms with Crippen LogP contribution < -0.4 is 0 Å². The SMILES string of the molecule is CC(C)CC1(C)C2=Cc3c(-c4ccccc4)cccc3[CH]2[Hf]([CH3])([CH3])[CH]2C1=Cc1c(-c3ccccc3)cccc12. The van der Waals surface area contributed by atoms with Gasteiger partial charge >= 0.3 is 240 Å². The Hall–Kier alpha value is -2.77. The van der Waals surface area contributed by atoms with Gasteiger partial charge in [0, 0.05) is 0 Å². The summed E-state index contributed by atoms with van der Waals surface area (Å²) in [6, 6.07) is 36.3. The van der Waals surface area contributed by atoms with Gasteiger partial charge in [-0.2, -0.15) is 0 Å². The predicted octanol–water partition coefficient (Wildman–Crippen LogP) is 10.9. The van der Waals surface area contributed by atoms with Crippen molar-refractivity contribution in [1.82, 2.24) is 0 Å². The molecule has 4 aromatic carbocycles. The molecule has 0 spiro atoms. The van der Waals surface area contributed by atoms with Gasteiger partial charge in [-0.15, -0.1) is 0 Å². The van der Waals surface area contributed by atoms with E-state index in [2.05, 4.69) is 139 Å². The van der Waals surface area contributed by atoms with Gasteiger partial charge in [0.1, 0.15) is 0 Å². The molecule has 0 saturated carbocycles. The first kappa shape index (κ1) is 25.2. The van der Waals surface area contributed by atoms with E-state index < -0.39 is 20.0 Å². The first-order valence-corrected chi connectivity index (χ1v) is 25.9. The van der Waals surface area contributed by atoms with Crippen molar-refractivity contribution in [3.05, 3.63) is 130 Å². The zero-order chi connectivity index (χ0) is 26.9. The van der Waals surface area contributed by atoms with E-state index in [4.69, 9.17) is 0 Å². The molecule has 1 saturated heterocycles. The van der Waals surface area contributed by atoms with Gasteiger partial charge in [0.15, 0.2) is 0 Å². The van der Waals surface area contributed by atoms with Crippen molar-refractivity contribution >= 4 is 12.2 Å². The number of allylic oxidation sites excluding steroid dienone is 2. The molecule has 2 atom stereocenters.